The summed E-state index contributed by atoms with van der Waals surface area (Å²) in [5.41, 5.74) is 0.422. The van der Waals surface area contributed by atoms with Crippen molar-refractivity contribution in [1.29, 1.82) is 0 Å². The summed E-state index contributed by atoms with van der Waals surface area (Å²) in [7, 11) is -3.75. The minimum Gasteiger partial charge on any atom is -0.466 e. The summed E-state index contributed by atoms with van der Waals surface area (Å²) in [4.78, 5) is 22.6. The van der Waals surface area contributed by atoms with Gasteiger partial charge in [-0.15, -0.1) is 0 Å². The van der Waals surface area contributed by atoms with E-state index in [2.05, 4.69) is 5.32 Å². The third kappa shape index (κ3) is 5.37. The standard InChI is InChI=1S/C12H16N2O5S/c1-2-19-12(16)8-7-11(15)14-9-3-5-10(6-4-9)20(13,17)18/h3-6H,2,7-8H2,1H3,(H,14,15)(H2,13,17,18). The molecule has 1 rings (SSSR count). The molecule has 8 heteroatoms. The van der Waals surface area contributed by atoms with E-state index in [9.17, 15) is 18.0 Å². The van der Waals surface area contributed by atoms with Crippen molar-refractivity contribution in [3.63, 3.8) is 0 Å². The van der Waals surface area contributed by atoms with Crippen molar-refractivity contribution < 1.29 is 22.7 Å². The van der Waals surface area contributed by atoms with Gasteiger partial charge >= 0.3 is 5.97 Å². The Morgan fingerprint density at radius 3 is 2.30 bits per heavy atom. The summed E-state index contributed by atoms with van der Waals surface area (Å²) in [5, 5.41) is 7.49. The average molecular weight is 300 g/mol. The third-order valence-corrected chi connectivity index (χ3v) is 3.26. The molecule has 1 amide bonds. The molecule has 3 N–H and O–H groups in total. The van der Waals surface area contributed by atoms with E-state index < -0.39 is 16.0 Å². The van der Waals surface area contributed by atoms with Crippen molar-refractivity contribution in [1.82, 2.24) is 0 Å². The van der Waals surface area contributed by atoms with Gasteiger partial charge in [-0.25, -0.2) is 13.6 Å². The van der Waals surface area contributed by atoms with Gasteiger partial charge < -0.3 is 10.1 Å². The molecule has 0 saturated carbocycles. The highest BCUT2D eigenvalue weighted by atomic mass is 32.2. The molecular weight excluding hydrogens is 284 g/mol. The Morgan fingerprint density at radius 2 is 1.80 bits per heavy atom. The van der Waals surface area contributed by atoms with Crippen LogP contribution < -0.4 is 10.5 Å². The molecule has 0 saturated heterocycles. The summed E-state index contributed by atoms with van der Waals surface area (Å²) in [5.74, 6) is -0.798. The first-order valence-electron chi connectivity index (χ1n) is 5.91. The van der Waals surface area contributed by atoms with Crippen LogP contribution in [-0.4, -0.2) is 26.9 Å². The molecule has 1 aromatic rings. The molecule has 1 aromatic carbocycles. The lowest BCUT2D eigenvalue weighted by Crippen LogP contribution is -2.15. The largest absolute Gasteiger partial charge is 0.466 e. The molecule has 7 nitrogen and oxygen atoms in total. The Labute approximate surface area is 117 Å². The van der Waals surface area contributed by atoms with E-state index in [4.69, 9.17) is 9.88 Å². The number of anilines is 1. The Hall–Kier alpha value is -1.93. The summed E-state index contributed by atoms with van der Waals surface area (Å²) < 4.78 is 26.8. The molecule has 0 unspecified atom stereocenters. The van der Waals surface area contributed by atoms with Crippen LogP contribution in [0.5, 0.6) is 0 Å². The molecule has 110 valence electrons. The molecule has 0 radical (unpaired) electrons. The van der Waals surface area contributed by atoms with E-state index in [1.807, 2.05) is 0 Å². The van der Waals surface area contributed by atoms with Crippen molar-refractivity contribution in [2.75, 3.05) is 11.9 Å². The summed E-state index contributed by atoms with van der Waals surface area (Å²) >= 11 is 0. The molecule has 0 fully saturated rings. The van der Waals surface area contributed by atoms with Crippen molar-refractivity contribution >= 4 is 27.6 Å². The van der Waals surface area contributed by atoms with Gasteiger partial charge in [0.05, 0.1) is 17.9 Å². The molecular formula is C12H16N2O5S. The highest BCUT2D eigenvalue weighted by Crippen LogP contribution is 2.13. The number of nitrogens with one attached hydrogen (secondary N) is 1. The SMILES string of the molecule is CCOC(=O)CCC(=O)Nc1ccc(S(N)(=O)=O)cc1. The number of ether oxygens (including phenoxy) is 1. The minimum atomic E-state index is -3.75. The van der Waals surface area contributed by atoms with Gasteiger partial charge in [-0.1, -0.05) is 0 Å². The second kappa shape index (κ2) is 7.01. The Bertz CT molecular complexity index is 580. The number of nitrogens with two attached hydrogens (primary N) is 1. The van der Waals surface area contributed by atoms with Crippen LogP contribution in [0.3, 0.4) is 0 Å². The van der Waals surface area contributed by atoms with Crippen molar-refractivity contribution in [3.8, 4) is 0 Å². The van der Waals surface area contributed by atoms with Gasteiger partial charge in [-0.3, -0.25) is 9.59 Å². The van der Waals surface area contributed by atoms with Gasteiger partial charge in [0.15, 0.2) is 0 Å². The molecule has 0 spiro atoms. The lowest BCUT2D eigenvalue weighted by atomic mass is 10.2. The van der Waals surface area contributed by atoms with Crippen LogP contribution in [0.1, 0.15) is 19.8 Å². The molecule has 0 aliphatic heterocycles. The van der Waals surface area contributed by atoms with E-state index >= 15 is 0 Å². The predicted octanol–water partition coefficient (Wildman–Crippen LogP) is 0.616. The zero-order chi connectivity index (χ0) is 15.2. The van der Waals surface area contributed by atoms with Crippen molar-refractivity contribution in [2.45, 2.75) is 24.7 Å². The number of hydrogen-bond acceptors (Lipinski definition) is 5. The predicted molar refractivity (Wildman–Crippen MR) is 72.3 cm³/mol. The zero-order valence-electron chi connectivity index (χ0n) is 11.0. The Kier molecular flexibility index (Phi) is 5.66. The number of primary sulfonamides is 1. The highest BCUT2D eigenvalue weighted by Gasteiger charge is 2.09. The van der Waals surface area contributed by atoms with E-state index in [1.165, 1.54) is 24.3 Å². The summed E-state index contributed by atoms with van der Waals surface area (Å²) in [6.07, 6.45) is -0.00922. The molecule has 20 heavy (non-hydrogen) atoms. The van der Waals surface area contributed by atoms with E-state index in [-0.39, 0.29) is 30.3 Å². The minimum absolute atomic E-state index is 0.00419. The first-order chi connectivity index (χ1) is 9.32. The maximum atomic E-state index is 11.5. The molecule has 0 atom stereocenters. The zero-order valence-corrected chi connectivity index (χ0v) is 11.8. The fourth-order valence-electron chi connectivity index (χ4n) is 1.40. The smallest absolute Gasteiger partial charge is 0.306 e. The quantitative estimate of drug-likeness (QED) is 0.747. The lowest BCUT2D eigenvalue weighted by molar-refractivity contribution is -0.144. The van der Waals surface area contributed by atoms with Crippen LogP contribution in [-0.2, 0) is 24.3 Å². The Morgan fingerprint density at radius 1 is 1.20 bits per heavy atom. The molecule has 0 heterocycles. The number of carbonyl (C=O) groups excluding carboxylic acids is 2. The fourth-order valence-corrected chi connectivity index (χ4v) is 1.92. The highest BCUT2D eigenvalue weighted by molar-refractivity contribution is 7.89. The number of esters is 1. The maximum absolute atomic E-state index is 11.5. The summed E-state index contributed by atoms with van der Waals surface area (Å²) in [6, 6.07) is 5.41. The van der Waals surface area contributed by atoms with E-state index in [0.717, 1.165) is 0 Å². The van der Waals surface area contributed by atoms with Crippen LogP contribution in [0, 0.1) is 0 Å². The van der Waals surface area contributed by atoms with Crippen molar-refractivity contribution in [2.24, 2.45) is 5.14 Å². The average Bonchev–Trinajstić information content (AvgIpc) is 2.36. The number of hydrogen-bond donors (Lipinski definition) is 2. The molecule has 0 aliphatic rings. The lowest BCUT2D eigenvalue weighted by Gasteiger charge is -2.06. The number of rotatable bonds is 6. The van der Waals surface area contributed by atoms with Crippen molar-refractivity contribution in [3.05, 3.63) is 24.3 Å². The maximum Gasteiger partial charge on any atom is 0.306 e. The first-order valence-corrected chi connectivity index (χ1v) is 7.46. The number of amides is 1. The van der Waals surface area contributed by atoms with Crippen LogP contribution in [0.15, 0.2) is 29.2 Å². The van der Waals surface area contributed by atoms with E-state index in [1.54, 1.807) is 6.92 Å². The van der Waals surface area contributed by atoms with Crippen LogP contribution in [0.2, 0.25) is 0 Å². The van der Waals surface area contributed by atoms with Crippen LogP contribution >= 0.6 is 0 Å². The van der Waals surface area contributed by atoms with Gasteiger partial charge in [0.2, 0.25) is 15.9 Å². The molecule has 0 aromatic heterocycles. The summed E-state index contributed by atoms with van der Waals surface area (Å²) in [6.45, 7) is 1.96. The molecule has 0 aliphatic carbocycles. The van der Waals surface area contributed by atoms with Gasteiger partial charge in [0.1, 0.15) is 0 Å². The van der Waals surface area contributed by atoms with E-state index in [0.29, 0.717) is 5.69 Å². The monoisotopic (exact) mass is 300 g/mol. The van der Waals surface area contributed by atoms with Gasteiger partial charge in [0, 0.05) is 12.1 Å². The second-order valence-corrected chi connectivity index (χ2v) is 5.48. The van der Waals surface area contributed by atoms with Crippen LogP contribution in [0.25, 0.3) is 0 Å². The second-order valence-electron chi connectivity index (χ2n) is 3.92. The Balaban J connectivity index is 2.53. The number of sulfonamides is 1. The third-order valence-electron chi connectivity index (χ3n) is 2.33. The number of benzene rings is 1. The normalized spacial score (nSPS) is 10.9. The van der Waals surface area contributed by atoms with Crippen LogP contribution in [0.4, 0.5) is 5.69 Å². The first kappa shape index (κ1) is 16.1. The topological polar surface area (TPSA) is 116 Å². The van der Waals surface area contributed by atoms with Gasteiger partial charge in [-0.05, 0) is 31.2 Å². The van der Waals surface area contributed by atoms with Gasteiger partial charge in [0.25, 0.3) is 0 Å². The van der Waals surface area contributed by atoms with Gasteiger partial charge in [-0.2, -0.15) is 0 Å². The number of carbonyl (C=O) groups is 2. The molecule has 0 bridgehead atoms. The fraction of sp³-hybridized carbons (Fsp3) is 0.333.